The molecule has 0 aliphatic heterocycles. The smallest absolute Gasteiger partial charge is 0.326 e. The minimum atomic E-state index is -1.39. The number of nitrogens with zero attached hydrogens (tertiary/aromatic N) is 1. The van der Waals surface area contributed by atoms with Crippen molar-refractivity contribution in [3.05, 3.63) is 36.0 Å². The van der Waals surface area contributed by atoms with Crippen LogP contribution in [0.5, 0.6) is 0 Å². The number of amides is 4. The Balaban J connectivity index is 2.28. The van der Waals surface area contributed by atoms with Gasteiger partial charge in [0.15, 0.2) is 5.96 Å². The Hall–Kier alpha value is -4.66. The molecule has 38 heavy (non-hydrogen) atoms. The van der Waals surface area contributed by atoms with Gasteiger partial charge in [-0.3, -0.25) is 24.2 Å². The number of benzene rings is 1. The van der Waals surface area contributed by atoms with Gasteiger partial charge in [-0.25, -0.2) is 4.79 Å². The summed E-state index contributed by atoms with van der Waals surface area (Å²) in [5, 5.41) is 17.6. The third kappa shape index (κ3) is 9.09. The molecule has 0 aliphatic rings. The second kappa shape index (κ2) is 14.2. The van der Waals surface area contributed by atoms with E-state index in [-0.39, 0.29) is 31.8 Å². The minimum Gasteiger partial charge on any atom is -0.480 e. The molecule has 3 atom stereocenters. The van der Waals surface area contributed by atoms with Crippen LogP contribution in [0.1, 0.15) is 24.8 Å². The Morgan fingerprint density at radius 3 is 2.24 bits per heavy atom. The van der Waals surface area contributed by atoms with Crippen LogP contribution in [0.3, 0.4) is 0 Å². The number of primary amides is 1. The number of carboxylic acid groups (broad SMARTS) is 1. The van der Waals surface area contributed by atoms with Crippen molar-refractivity contribution in [2.45, 2.75) is 43.8 Å². The Kier molecular flexibility index (Phi) is 11.0. The zero-order valence-electron chi connectivity index (χ0n) is 20.6. The summed E-state index contributed by atoms with van der Waals surface area (Å²) < 4.78 is 0. The van der Waals surface area contributed by atoms with Gasteiger partial charge >= 0.3 is 5.97 Å². The maximum atomic E-state index is 13.3. The summed E-state index contributed by atoms with van der Waals surface area (Å²) in [6.07, 6.45) is 1.37. The molecule has 2 aromatic rings. The van der Waals surface area contributed by atoms with Gasteiger partial charge in [0.05, 0.1) is 13.0 Å². The van der Waals surface area contributed by atoms with E-state index >= 15 is 0 Å². The molecule has 1 heterocycles. The number of carbonyl (C=O) groups excluding carboxylic acids is 4. The molecule has 15 nitrogen and oxygen atoms in total. The molecule has 0 saturated carbocycles. The van der Waals surface area contributed by atoms with E-state index in [1.54, 1.807) is 12.3 Å². The van der Waals surface area contributed by atoms with Crippen molar-refractivity contribution in [3.63, 3.8) is 0 Å². The number of carbonyl (C=O) groups is 5. The van der Waals surface area contributed by atoms with Gasteiger partial charge < -0.3 is 49.0 Å². The van der Waals surface area contributed by atoms with Crippen molar-refractivity contribution in [2.24, 2.45) is 27.9 Å². The quantitative estimate of drug-likeness (QED) is 0.0648. The highest BCUT2D eigenvalue weighted by atomic mass is 16.4. The van der Waals surface area contributed by atoms with Crippen molar-refractivity contribution >= 4 is 46.5 Å². The number of fused-ring (bicyclic) bond motifs is 1. The monoisotopic (exact) mass is 531 g/mol. The molecular formula is C23H33N9O6. The molecule has 2 rings (SSSR count). The normalized spacial score (nSPS) is 13.1. The SMILES string of the molecule is NCC(=O)NC(CC(N)=O)C(=O)NC(Cc1c[nH]c2ccccc12)C(=O)NC(CCCN=C(N)N)C(=O)O. The van der Waals surface area contributed by atoms with Crippen LogP contribution >= 0.6 is 0 Å². The first-order valence-electron chi connectivity index (χ1n) is 11.7. The highest BCUT2D eigenvalue weighted by Gasteiger charge is 2.30. The number of hydrogen-bond donors (Lipinski definition) is 9. The number of H-pyrrole nitrogens is 1. The van der Waals surface area contributed by atoms with E-state index in [0.29, 0.717) is 5.56 Å². The maximum absolute atomic E-state index is 13.3. The molecule has 1 aromatic heterocycles. The first-order chi connectivity index (χ1) is 18.0. The molecule has 13 N–H and O–H groups in total. The number of nitrogens with one attached hydrogen (secondary N) is 4. The number of hydrogen-bond acceptors (Lipinski definition) is 7. The molecule has 15 heteroatoms. The summed E-state index contributed by atoms with van der Waals surface area (Å²) >= 11 is 0. The topological polar surface area (TPSA) is 274 Å². The number of aliphatic imine (C=N–C) groups is 1. The zero-order valence-corrected chi connectivity index (χ0v) is 20.6. The predicted octanol–water partition coefficient (Wildman–Crippen LogP) is -2.86. The summed E-state index contributed by atoms with van der Waals surface area (Å²) in [5.41, 5.74) is 22.5. The van der Waals surface area contributed by atoms with E-state index in [1.807, 2.05) is 18.2 Å². The van der Waals surface area contributed by atoms with Crippen molar-refractivity contribution in [1.82, 2.24) is 20.9 Å². The second-order valence-corrected chi connectivity index (χ2v) is 8.47. The molecular weight excluding hydrogens is 498 g/mol. The van der Waals surface area contributed by atoms with Crippen LogP contribution in [0.2, 0.25) is 0 Å². The molecule has 0 radical (unpaired) electrons. The summed E-state index contributed by atoms with van der Waals surface area (Å²) in [4.78, 5) is 68.2. The Morgan fingerprint density at radius 1 is 0.947 bits per heavy atom. The number of aromatic amines is 1. The molecule has 0 fully saturated rings. The number of aromatic nitrogens is 1. The fourth-order valence-electron chi connectivity index (χ4n) is 3.70. The largest absolute Gasteiger partial charge is 0.480 e. The first-order valence-corrected chi connectivity index (χ1v) is 11.7. The molecule has 206 valence electrons. The molecule has 0 bridgehead atoms. The fourth-order valence-corrected chi connectivity index (χ4v) is 3.70. The summed E-state index contributed by atoms with van der Waals surface area (Å²) in [6.45, 7) is -0.283. The highest BCUT2D eigenvalue weighted by Crippen LogP contribution is 2.19. The van der Waals surface area contributed by atoms with Gasteiger partial charge in [0.25, 0.3) is 0 Å². The third-order valence-electron chi connectivity index (χ3n) is 5.53. The summed E-state index contributed by atoms with van der Waals surface area (Å²) in [7, 11) is 0. The van der Waals surface area contributed by atoms with Gasteiger partial charge in [-0.2, -0.15) is 0 Å². The number of carboxylic acids is 1. The van der Waals surface area contributed by atoms with E-state index < -0.39 is 60.7 Å². The molecule has 0 spiro atoms. The standard InChI is InChI=1S/C23H33N9O6/c24-10-19(34)30-17(9-18(25)33)21(36)32-16(8-12-11-29-14-5-2-1-4-13(12)14)20(35)31-15(22(37)38)6-3-7-28-23(26)27/h1-2,4-5,11,15-17,29H,3,6-10,24H2,(H2,25,33)(H,30,34)(H,31,35)(H,32,36)(H,37,38)(H4,26,27,28). The lowest BCUT2D eigenvalue weighted by Crippen LogP contribution is -2.57. The number of guanidine groups is 1. The minimum absolute atomic E-state index is 0.0163. The van der Waals surface area contributed by atoms with Crippen molar-refractivity contribution in [1.29, 1.82) is 0 Å². The molecule has 3 unspecified atom stereocenters. The van der Waals surface area contributed by atoms with Crippen LogP contribution in [-0.2, 0) is 30.4 Å². The lowest BCUT2D eigenvalue weighted by molar-refractivity contribution is -0.142. The Morgan fingerprint density at radius 2 is 1.61 bits per heavy atom. The van der Waals surface area contributed by atoms with Crippen molar-refractivity contribution in [3.8, 4) is 0 Å². The van der Waals surface area contributed by atoms with Gasteiger partial charge in [0.1, 0.15) is 18.1 Å². The first kappa shape index (κ1) is 29.6. The average molecular weight is 532 g/mol. The molecule has 0 aliphatic carbocycles. The second-order valence-electron chi connectivity index (χ2n) is 8.47. The lowest BCUT2D eigenvalue weighted by atomic mass is 10.0. The number of para-hydroxylation sites is 1. The van der Waals surface area contributed by atoms with E-state index in [0.717, 1.165) is 10.9 Å². The Bertz CT molecular complexity index is 1190. The van der Waals surface area contributed by atoms with E-state index in [4.69, 9.17) is 22.9 Å². The van der Waals surface area contributed by atoms with Gasteiger partial charge in [0, 0.05) is 30.1 Å². The van der Waals surface area contributed by atoms with Crippen molar-refractivity contribution < 1.29 is 29.1 Å². The van der Waals surface area contributed by atoms with Gasteiger partial charge in [0.2, 0.25) is 23.6 Å². The predicted molar refractivity (Wildman–Crippen MR) is 138 cm³/mol. The van der Waals surface area contributed by atoms with Crippen LogP contribution in [0, 0.1) is 0 Å². The van der Waals surface area contributed by atoms with Crippen molar-refractivity contribution in [2.75, 3.05) is 13.1 Å². The fraction of sp³-hybridized carbons (Fsp3) is 0.391. The van der Waals surface area contributed by atoms with Crippen LogP contribution in [0.15, 0.2) is 35.5 Å². The highest BCUT2D eigenvalue weighted by molar-refractivity contribution is 5.96. The summed E-state index contributed by atoms with van der Waals surface area (Å²) in [6, 6.07) is 3.31. The van der Waals surface area contributed by atoms with Crippen LogP contribution < -0.4 is 38.9 Å². The number of nitrogens with two attached hydrogens (primary N) is 4. The van der Waals surface area contributed by atoms with Crippen LogP contribution in [-0.4, -0.2) is 76.9 Å². The van der Waals surface area contributed by atoms with Crippen LogP contribution in [0.25, 0.3) is 10.9 Å². The van der Waals surface area contributed by atoms with E-state index in [9.17, 15) is 29.1 Å². The average Bonchev–Trinajstić information content (AvgIpc) is 3.26. The lowest BCUT2D eigenvalue weighted by Gasteiger charge is -2.24. The molecule has 0 saturated heterocycles. The molecule has 4 amide bonds. The Labute approximate surface area is 217 Å². The zero-order chi connectivity index (χ0) is 28.2. The third-order valence-corrected chi connectivity index (χ3v) is 5.53. The summed E-state index contributed by atoms with van der Waals surface area (Å²) in [5.74, 6) is -4.68. The maximum Gasteiger partial charge on any atom is 0.326 e. The van der Waals surface area contributed by atoms with E-state index in [2.05, 4.69) is 25.9 Å². The van der Waals surface area contributed by atoms with Gasteiger partial charge in [-0.1, -0.05) is 18.2 Å². The van der Waals surface area contributed by atoms with E-state index in [1.165, 1.54) is 0 Å². The van der Waals surface area contributed by atoms with Gasteiger partial charge in [-0.15, -0.1) is 0 Å². The number of aliphatic carboxylic acids is 1. The van der Waals surface area contributed by atoms with Gasteiger partial charge in [-0.05, 0) is 24.5 Å². The van der Waals surface area contributed by atoms with Crippen LogP contribution in [0.4, 0.5) is 0 Å². The molecule has 1 aromatic carbocycles. The number of rotatable bonds is 15.